The van der Waals surface area contributed by atoms with Gasteiger partial charge in [-0.25, -0.2) is 0 Å². The molecular weight excluding hydrogens is 328 g/mol. The van der Waals surface area contributed by atoms with Crippen LogP contribution in [0, 0.1) is 27.7 Å². The molecule has 0 spiro atoms. The first-order valence-corrected chi connectivity index (χ1v) is 8.30. The van der Waals surface area contributed by atoms with E-state index in [0.717, 1.165) is 16.1 Å². The molecule has 0 aliphatic carbocycles. The molecule has 0 N–H and O–H groups in total. The molecule has 132 valence electrons. The molecule has 0 saturated heterocycles. The van der Waals surface area contributed by atoms with Crippen molar-refractivity contribution in [3.8, 4) is 0 Å². The number of imide groups is 1. The molecule has 0 radical (unpaired) electrons. The van der Waals surface area contributed by atoms with Gasteiger partial charge in [0.25, 0.3) is 11.8 Å². The van der Waals surface area contributed by atoms with Crippen LogP contribution in [0.1, 0.15) is 43.2 Å². The van der Waals surface area contributed by atoms with E-state index < -0.39 is 11.8 Å². The van der Waals surface area contributed by atoms with Gasteiger partial charge in [0, 0.05) is 11.1 Å². The molecule has 3 rings (SSSR count). The number of hydrogen-bond acceptors (Lipinski definition) is 4. The maximum absolute atomic E-state index is 13.2. The molecule has 0 aliphatic heterocycles. The monoisotopic (exact) mass is 348 g/mol. The summed E-state index contributed by atoms with van der Waals surface area (Å²) in [5.74, 6) is -0.901. The average molecular weight is 348 g/mol. The average Bonchev–Trinajstić information content (AvgIpc) is 2.94. The first-order valence-electron chi connectivity index (χ1n) is 8.30. The summed E-state index contributed by atoms with van der Waals surface area (Å²) in [6.45, 7) is 7.35. The van der Waals surface area contributed by atoms with Crippen LogP contribution in [-0.2, 0) is 0 Å². The number of carbonyl (C=O) groups is 2. The van der Waals surface area contributed by atoms with Gasteiger partial charge in [-0.05, 0) is 57.2 Å². The van der Waals surface area contributed by atoms with Crippen LogP contribution >= 0.6 is 0 Å². The Hall–Kier alpha value is -3.28. The molecule has 1 aromatic heterocycles. The number of amides is 2. The van der Waals surface area contributed by atoms with Crippen molar-refractivity contribution >= 4 is 11.8 Å². The van der Waals surface area contributed by atoms with Crippen molar-refractivity contribution in [1.82, 2.24) is 15.1 Å². The number of rotatable bonds is 3. The van der Waals surface area contributed by atoms with E-state index in [1.165, 1.54) is 4.79 Å². The highest BCUT2D eigenvalue weighted by molar-refractivity contribution is 6.20. The lowest BCUT2D eigenvalue weighted by Crippen LogP contribution is -2.46. The fourth-order valence-corrected chi connectivity index (χ4v) is 2.65. The van der Waals surface area contributed by atoms with E-state index in [9.17, 15) is 9.59 Å². The summed E-state index contributed by atoms with van der Waals surface area (Å²) in [5.41, 5.74) is 3.99. The largest absolute Gasteiger partial charge is 0.281 e. The number of hydrogen-bond donors (Lipinski definition) is 0. The van der Waals surface area contributed by atoms with E-state index in [4.69, 9.17) is 0 Å². The van der Waals surface area contributed by atoms with Crippen LogP contribution in [0.2, 0.25) is 0 Å². The zero-order chi connectivity index (χ0) is 18.8. The van der Waals surface area contributed by atoms with Crippen molar-refractivity contribution < 1.29 is 9.59 Å². The smallest absolute Gasteiger partial charge is 0.267 e. The lowest BCUT2D eigenvalue weighted by atomic mass is 10.1. The SMILES string of the molecule is Cc1cccc(C(=O)N(C(=O)c2cccc(C)c2)n2nnc(C)c2C)c1. The van der Waals surface area contributed by atoms with Gasteiger partial charge in [-0.15, -0.1) is 9.89 Å². The Morgan fingerprint density at radius 1 is 0.846 bits per heavy atom. The van der Waals surface area contributed by atoms with Gasteiger partial charge in [-0.1, -0.05) is 35.4 Å². The molecule has 1 heterocycles. The topological polar surface area (TPSA) is 68.1 Å². The number of nitrogens with zero attached hydrogens (tertiary/aromatic N) is 4. The third-order valence-corrected chi connectivity index (χ3v) is 4.21. The normalized spacial score (nSPS) is 10.6. The predicted molar refractivity (Wildman–Crippen MR) is 98.7 cm³/mol. The van der Waals surface area contributed by atoms with Gasteiger partial charge in [-0.3, -0.25) is 9.59 Å². The molecule has 0 aliphatic rings. The first-order chi connectivity index (χ1) is 12.4. The van der Waals surface area contributed by atoms with Crippen molar-refractivity contribution in [2.24, 2.45) is 0 Å². The Morgan fingerprint density at radius 3 is 1.73 bits per heavy atom. The third-order valence-electron chi connectivity index (χ3n) is 4.21. The fraction of sp³-hybridized carbons (Fsp3) is 0.200. The number of aromatic nitrogens is 3. The molecule has 3 aromatic rings. The van der Waals surface area contributed by atoms with Crippen LogP contribution in [0.3, 0.4) is 0 Å². The van der Waals surface area contributed by atoms with Crippen molar-refractivity contribution in [2.45, 2.75) is 27.7 Å². The molecule has 26 heavy (non-hydrogen) atoms. The van der Waals surface area contributed by atoms with Crippen LogP contribution in [0.25, 0.3) is 0 Å². The minimum absolute atomic E-state index is 0.415. The highest BCUT2D eigenvalue weighted by atomic mass is 16.2. The third kappa shape index (κ3) is 3.26. The molecule has 6 nitrogen and oxygen atoms in total. The van der Waals surface area contributed by atoms with E-state index >= 15 is 0 Å². The summed E-state index contributed by atoms with van der Waals surface area (Å²) >= 11 is 0. The Morgan fingerprint density at radius 2 is 1.35 bits per heavy atom. The lowest BCUT2D eigenvalue weighted by Gasteiger charge is -2.21. The molecule has 0 atom stereocenters. The summed E-state index contributed by atoms with van der Waals surface area (Å²) in [7, 11) is 0. The van der Waals surface area contributed by atoms with E-state index in [-0.39, 0.29) is 0 Å². The Bertz CT molecular complexity index is 933. The highest BCUT2D eigenvalue weighted by Crippen LogP contribution is 2.14. The van der Waals surface area contributed by atoms with Gasteiger partial charge in [0.05, 0.1) is 11.4 Å². The van der Waals surface area contributed by atoms with Crippen LogP contribution in [0.5, 0.6) is 0 Å². The second-order valence-electron chi connectivity index (χ2n) is 6.31. The number of benzene rings is 2. The zero-order valence-corrected chi connectivity index (χ0v) is 15.2. The summed E-state index contributed by atoms with van der Waals surface area (Å²) in [4.78, 5) is 27.6. The van der Waals surface area contributed by atoms with Gasteiger partial charge in [0.15, 0.2) is 0 Å². The first kappa shape index (κ1) is 17.5. The molecular formula is C20H20N4O2. The summed E-state index contributed by atoms with van der Waals surface area (Å²) in [5, 5.41) is 9.04. The lowest BCUT2D eigenvalue weighted by molar-refractivity contribution is 0.0846. The second kappa shape index (κ2) is 6.92. The van der Waals surface area contributed by atoms with E-state index in [0.29, 0.717) is 22.5 Å². The maximum atomic E-state index is 13.2. The van der Waals surface area contributed by atoms with Gasteiger partial charge >= 0.3 is 0 Å². The molecule has 6 heteroatoms. The van der Waals surface area contributed by atoms with Gasteiger partial charge in [0.2, 0.25) is 0 Å². The van der Waals surface area contributed by atoms with Crippen molar-refractivity contribution in [3.63, 3.8) is 0 Å². The Balaban J connectivity index is 2.12. The summed E-state index contributed by atoms with van der Waals surface area (Å²) < 4.78 is 0. The van der Waals surface area contributed by atoms with Gasteiger partial charge < -0.3 is 0 Å². The molecule has 2 aromatic carbocycles. The predicted octanol–water partition coefficient (Wildman–Crippen LogP) is 3.13. The standard InChI is InChI=1S/C20H20N4O2/c1-13-7-5-9-17(11-13)19(25)23(24-16(4)15(3)21-22-24)20(26)18-10-6-8-14(2)12-18/h5-12H,1-4H3. The van der Waals surface area contributed by atoms with Crippen LogP contribution in [0.4, 0.5) is 0 Å². The minimum atomic E-state index is -0.451. The number of carbonyl (C=O) groups excluding carboxylic acids is 2. The highest BCUT2D eigenvalue weighted by Gasteiger charge is 2.29. The summed E-state index contributed by atoms with van der Waals surface area (Å²) in [6, 6.07) is 14.2. The molecule has 0 unspecified atom stereocenters. The Labute approximate surface area is 152 Å². The number of aryl methyl sites for hydroxylation is 3. The van der Waals surface area contributed by atoms with Crippen molar-refractivity contribution in [2.75, 3.05) is 5.01 Å². The van der Waals surface area contributed by atoms with Crippen molar-refractivity contribution in [3.05, 3.63) is 82.2 Å². The van der Waals surface area contributed by atoms with E-state index in [2.05, 4.69) is 10.3 Å². The van der Waals surface area contributed by atoms with E-state index in [1.54, 1.807) is 50.2 Å². The molecule has 2 amide bonds. The molecule has 0 bridgehead atoms. The minimum Gasteiger partial charge on any atom is -0.267 e. The van der Waals surface area contributed by atoms with Crippen LogP contribution < -0.4 is 5.01 Å². The van der Waals surface area contributed by atoms with Crippen LogP contribution in [-0.4, -0.2) is 26.9 Å². The van der Waals surface area contributed by atoms with Crippen LogP contribution in [0.15, 0.2) is 48.5 Å². The Kier molecular flexibility index (Phi) is 4.67. The second-order valence-corrected chi connectivity index (χ2v) is 6.31. The fourth-order valence-electron chi connectivity index (χ4n) is 2.65. The quantitative estimate of drug-likeness (QED) is 0.682. The zero-order valence-electron chi connectivity index (χ0n) is 15.2. The summed E-state index contributed by atoms with van der Waals surface area (Å²) in [6.07, 6.45) is 0. The maximum Gasteiger partial charge on any atom is 0.281 e. The molecule has 0 fully saturated rings. The van der Waals surface area contributed by atoms with Gasteiger partial charge in [0.1, 0.15) is 0 Å². The molecule has 0 saturated carbocycles. The van der Waals surface area contributed by atoms with Crippen molar-refractivity contribution in [1.29, 1.82) is 0 Å². The van der Waals surface area contributed by atoms with Gasteiger partial charge in [-0.2, -0.15) is 5.01 Å². The van der Waals surface area contributed by atoms with E-state index in [1.807, 2.05) is 26.0 Å².